The zero-order valence-electron chi connectivity index (χ0n) is 31.8. The standard InChI is InChI=1S/C39H48ClFN8O6/c1-21-13-26-25(16-43-47-26)28(30(21)40)32-31(41)33-29(35(44-32)51-4)34(48-11-12-52-20-39(18-48)17-42-37(50)55-39)46-36(45-33)53-19-38-8-5-7-27(38)49(10-6-9-38)24-14-22(2)54-23(3)15-24/h13,16,22-24,27H,5-12,14-15,17-20H2,1-4H3,(H,42,50)(H,43,47)/t22-,23+,24?,27-,38-,39-/m1/s1. The van der Waals surface area contributed by atoms with E-state index in [0.29, 0.717) is 59.1 Å². The number of nitrogens with zero attached hydrogens (tertiary/aromatic N) is 6. The van der Waals surface area contributed by atoms with Gasteiger partial charge in [-0.05, 0) is 77.5 Å². The summed E-state index contributed by atoms with van der Waals surface area (Å²) in [5.74, 6) is -0.236. The number of nitrogens with one attached hydrogen (secondary N) is 2. The quantitative estimate of drug-likeness (QED) is 0.228. The molecule has 1 amide bonds. The zero-order chi connectivity index (χ0) is 38.1. The van der Waals surface area contributed by atoms with E-state index in [-0.39, 0.29) is 65.8 Å². The fourth-order valence-electron chi connectivity index (χ4n) is 10.1. The predicted molar refractivity (Wildman–Crippen MR) is 203 cm³/mol. The average molecular weight is 779 g/mol. The molecule has 0 bridgehead atoms. The number of aromatic nitrogens is 5. The van der Waals surface area contributed by atoms with E-state index >= 15 is 4.39 Å². The maximum atomic E-state index is 17.4. The highest BCUT2D eigenvalue weighted by molar-refractivity contribution is 6.35. The second-order valence-corrected chi connectivity index (χ2v) is 16.6. The van der Waals surface area contributed by atoms with Gasteiger partial charge in [0.2, 0.25) is 5.88 Å². The average Bonchev–Trinajstić information content (AvgIpc) is 3.87. The zero-order valence-corrected chi connectivity index (χ0v) is 32.5. The number of likely N-dealkylation sites (tertiary alicyclic amines) is 1. The lowest BCUT2D eigenvalue weighted by Crippen LogP contribution is -2.57. The topological polar surface area (TPSA) is 149 Å². The number of alkyl carbamates (subject to hydrolysis) is 1. The van der Waals surface area contributed by atoms with E-state index in [0.717, 1.165) is 57.1 Å². The summed E-state index contributed by atoms with van der Waals surface area (Å²) in [4.78, 5) is 31.5. The van der Waals surface area contributed by atoms with Crippen molar-refractivity contribution in [2.75, 3.05) is 58.0 Å². The van der Waals surface area contributed by atoms with Crippen molar-refractivity contribution in [3.05, 3.63) is 28.7 Å². The first-order chi connectivity index (χ1) is 26.6. The highest BCUT2D eigenvalue weighted by Crippen LogP contribution is 2.50. The van der Waals surface area contributed by atoms with E-state index in [4.69, 9.17) is 50.2 Å². The summed E-state index contributed by atoms with van der Waals surface area (Å²) < 4.78 is 47.9. The van der Waals surface area contributed by atoms with Gasteiger partial charge < -0.3 is 33.9 Å². The molecule has 0 radical (unpaired) electrons. The molecule has 1 spiro atoms. The first-order valence-electron chi connectivity index (χ1n) is 19.5. The molecule has 6 atom stereocenters. The molecule has 5 aliphatic rings. The monoisotopic (exact) mass is 778 g/mol. The van der Waals surface area contributed by atoms with Gasteiger partial charge >= 0.3 is 12.1 Å². The van der Waals surface area contributed by atoms with E-state index in [9.17, 15) is 4.79 Å². The second kappa shape index (κ2) is 14.2. The minimum atomic E-state index is -0.978. The summed E-state index contributed by atoms with van der Waals surface area (Å²) in [6.07, 6.45) is 8.96. The van der Waals surface area contributed by atoms with Crippen LogP contribution in [0.4, 0.5) is 15.0 Å². The van der Waals surface area contributed by atoms with E-state index in [2.05, 4.69) is 34.3 Å². The summed E-state index contributed by atoms with van der Waals surface area (Å²) in [6.45, 7) is 9.04. The number of anilines is 1. The molecule has 294 valence electrons. The van der Waals surface area contributed by atoms with Crippen LogP contribution in [0, 0.1) is 18.2 Å². The van der Waals surface area contributed by atoms with Crippen molar-refractivity contribution in [2.45, 2.75) is 95.6 Å². The highest BCUT2D eigenvalue weighted by Gasteiger charge is 2.51. The predicted octanol–water partition coefficient (Wildman–Crippen LogP) is 5.96. The third kappa shape index (κ3) is 6.40. The van der Waals surface area contributed by atoms with Crippen molar-refractivity contribution in [1.82, 2.24) is 35.4 Å². The van der Waals surface area contributed by atoms with Crippen LogP contribution in [0.3, 0.4) is 0 Å². The molecule has 1 aliphatic carbocycles. The summed E-state index contributed by atoms with van der Waals surface area (Å²) in [6, 6.07) is 2.74. The molecule has 16 heteroatoms. The third-order valence-electron chi connectivity index (χ3n) is 12.5. The van der Waals surface area contributed by atoms with Crippen molar-refractivity contribution in [1.29, 1.82) is 0 Å². The Labute approximate surface area is 323 Å². The van der Waals surface area contributed by atoms with Crippen molar-refractivity contribution < 1.29 is 32.9 Å². The SMILES string of the molecule is COc1nc(-c2c(Cl)c(C)cc3[nH]ncc23)c(F)c2nc(OC[C@]34CCC[C@H]3N(C3C[C@@H](C)O[C@@H](C)C3)CCC4)nc(N3CCOC[C@@]4(CNC(=O)O4)C3)c12. The van der Waals surface area contributed by atoms with E-state index in [1.165, 1.54) is 7.11 Å². The number of hydrogen-bond donors (Lipinski definition) is 2. The molecule has 7 heterocycles. The summed E-state index contributed by atoms with van der Waals surface area (Å²) in [5.41, 5.74) is 0.683. The number of aryl methyl sites for hydroxylation is 1. The number of halogens is 2. The van der Waals surface area contributed by atoms with Crippen molar-refractivity contribution in [3.8, 4) is 23.1 Å². The number of piperidine rings is 1. The molecule has 2 N–H and O–H groups in total. The van der Waals surface area contributed by atoms with Crippen LogP contribution in [0.25, 0.3) is 33.1 Å². The number of rotatable bonds is 7. The van der Waals surface area contributed by atoms with Crippen molar-refractivity contribution in [2.24, 2.45) is 5.41 Å². The lowest BCUT2D eigenvalue weighted by atomic mass is 9.74. The summed E-state index contributed by atoms with van der Waals surface area (Å²) in [7, 11) is 1.48. The Kier molecular flexibility index (Phi) is 9.42. The Morgan fingerprint density at radius 2 is 1.95 bits per heavy atom. The number of benzene rings is 1. The van der Waals surface area contributed by atoms with Gasteiger partial charge in [0.05, 0.1) is 69.0 Å². The number of aromatic amines is 1. The van der Waals surface area contributed by atoms with Crippen LogP contribution >= 0.6 is 11.6 Å². The fourth-order valence-corrected chi connectivity index (χ4v) is 10.4. The van der Waals surface area contributed by atoms with E-state index in [1.54, 1.807) is 6.20 Å². The maximum absolute atomic E-state index is 17.4. The van der Waals surface area contributed by atoms with Crippen molar-refractivity contribution in [3.63, 3.8) is 0 Å². The molecule has 9 rings (SSSR count). The molecule has 5 fully saturated rings. The Morgan fingerprint density at radius 3 is 2.73 bits per heavy atom. The molecular weight excluding hydrogens is 731 g/mol. The number of ether oxygens (including phenoxy) is 5. The van der Waals surface area contributed by atoms with Gasteiger partial charge in [0.15, 0.2) is 11.4 Å². The van der Waals surface area contributed by atoms with Crippen LogP contribution < -0.4 is 19.7 Å². The Morgan fingerprint density at radius 1 is 1.13 bits per heavy atom. The highest BCUT2D eigenvalue weighted by atomic mass is 35.5. The Hall–Kier alpha value is -4.05. The van der Waals surface area contributed by atoms with Crippen LogP contribution in [0.1, 0.15) is 64.4 Å². The number of carbonyl (C=O) groups is 1. The second-order valence-electron chi connectivity index (χ2n) is 16.2. The van der Waals surface area contributed by atoms with Crippen LogP contribution in [-0.4, -0.2) is 119 Å². The Bertz CT molecular complexity index is 2130. The molecule has 4 aliphatic heterocycles. The number of H-pyrrole nitrogens is 1. The number of pyridine rings is 1. The molecule has 55 heavy (non-hydrogen) atoms. The van der Waals surface area contributed by atoms with Gasteiger partial charge in [0, 0.05) is 35.0 Å². The number of fused-ring (bicyclic) bond motifs is 3. The summed E-state index contributed by atoms with van der Waals surface area (Å²) in [5, 5.41) is 11.1. The molecule has 1 unspecified atom stereocenters. The molecule has 4 saturated heterocycles. The van der Waals surface area contributed by atoms with Crippen LogP contribution in [0.15, 0.2) is 12.3 Å². The molecule has 14 nitrogen and oxygen atoms in total. The molecule has 1 aromatic carbocycles. The number of amides is 1. The van der Waals surface area contributed by atoms with Gasteiger partial charge in [-0.1, -0.05) is 18.0 Å². The first-order valence-corrected chi connectivity index (χ1v) is 19.9. The minimum Gasteiger partial charge on any atom is -0.480 e. The van der Waals surface area contributed by atoms with Gasteiger partial charge in [-0.2, -0.15) is 15.1 Å². The number of hydrogen-bond acceptors (Lipinski definition) is 12. The maximum Gasteiger partial charge on any atom is 0.408 e. The van der Waals surface area contributed by atoms with Gasteiger partial charge in [-0.25, -0.2) is 14.2 Å². The smallest absolute Gasteiger partial charge is 0.408 e. The first kappa shape index (κ1) is 36.6. The van der Waals surface area contributed by atoms with Gasteiger partial charge in [-0.15, -0.1) is 0 Å². The summed E-state index contributed by atoms with van der Waals surface area (Å²) >= 11 is 6.91. The minimum absolute atomic E-state index is 0.0206. The largest absolute Gasteiger partial charge is 0.480 e. The molecular formula is C39H48ClFN8O6. The van der Waals surface area contributed by atoms with Gasteiger partial charge in [0.25, 0.3) is 0 Å². The number of carbonyl (C=O) groups excluding carboxylic acids is 1. The van der Waals surface area contributed by atoms with Crippen LogP contribution in [0.5, 0.6) is 11.9 Å². The lowest BCUT2D eigenvalue weighted by molar-refractivity contribution is -0.0967. The van der Waals surface area contributed by atoms with Gasteiger partial charge in [0.1, 0.15) is 22.4 Å². The Balaban J connectivity index is 1.15. The van der Waals surface area contributed by atoms with E-state index in [1.807, 2.05) is 17.9 Å². The number of methoxy groups -OCH3 is 1. The normalized spacial score (nSPS) is 30.1. The lowest BCUT2D eigenvalue weighted by Gasteiger charge is -2.51. The van der Waals surface area contributed by atoms with Crippen LogP contribution in [-0.2, 0) is 14.2 Å². The van der Waals surface area contributed by atoms with Gasteiger partial charge in [-0.3, -0.25) is 10.00 Å². The third-order valence-corrected chi connectivity index (χ3v) is 13.0. The molecule has 3 aromatic heterocycles. The molecule has 4 aromatic rings. The van der Waals surface area contributed by atoms with Crippen molar-refractivity contribution >= 4 is 45.3 Å². The fraction of sp³-hybridized carbons (Fsp3) is 0.615. The van der Waals surface area contributed by atoms with E-state index < -0.39 is 17.5 Å². The van der Waals surface area contributed by atoms with Crippen LogP contribution in [0.2, 0.25) is 5.02 Å². The molecule has 1 saturated carbocycles.